The van der Waals surface area contributed by atoms with Crippen LogP contribution in [-0.2, 0) is 32.4 Å². The largest absolute Gasteiger partial charge is 0.495 e. The lowest BCUT2D eigenvalue weighted by Crippen LogP contribution is -2.40. The van der Waals surface area contributed by atoms with Crippen LogP contribution in [0.5, 0.6) is 11.5 Å². The third-order valence-electron chi connectivity index (χ3n) is 6.02. The number of carbonyl (C=O) groups excluding carboxylic acids is 1. The molecule has 9 heteroatoms. The number of nitrogens with zero attached hydrogens (tertiary/aromatic N) is 1. The normalized spacial score (nSPS) is 17.6. The molecule has 1 aliphatic heterocycles. The Labute approximate surface area is 194 Å². The molecule has 1 atom stereocenters. The third-order valence-corrected chi connectivity index (χ3v) is 7.94. The maximum Gasteiger partial charge on any atom is 0.265 e. The van der Waals surface area contributed by atoms with Crippen LogP contribution in [0.2, 0.25) is 0 Å². The molecule has 1 N–H and O–H groups in total. The average molecular weight is 475 g/mol. The predicted octanol–water partition coefficient (Wildman–Crippen LogP) is 3.00. The van der Waals surface area contributed by atoms with Gasteiger partial charge in [-0.15, -0.1) is 0 Å². The summed E-state index contributed by atoms with van der Waals surface area (Å²) in [5, 5.41) is 2.76. The number of hydrogen-bond acceptors (Lipinski definition) is 6. The van der Waals surface area contributed by atoms with Crippen molar-refractivity contribution < 1.29 is 27.4 Å². The summed E-state index contributed by atoms with van der Waals surface area (Å²) in [6.07, 6.45) is 3.72. The van der Waals surface area contributed by atoms with Crippen LogP contribution < -0.4 is 14.8 Å². The Kier molecular flexibility index (Phi) is 7.21. The Morgan fingerprint density at radius 2 is 1.79 bits per heavy atom. The van der Waals surface area contributed by atoms with Gasteiger partial charge in [-0.1, -0.05) is 6.07 Å². The molecule has 1 aliphatic carbocycles. The van der Waals surface area contributed by atoms with Crippen molar-refractivity contribution in [3.05, 3.63) is 47.5 Å². The van der Waals surface area contributed by atoms with E-state index in [1.54, 1.807) is 13.0 Å². The number of carbonyl (C=O) groups is 1. The minimum absolute atomic E-state index is 0.00737. The average Bonchev–Trinajstić information content (AvgIpc) is 2.84. The highest BCUT2D eigenvalue weighted by Gasteiger charge is 2.30. The van der Waals surface area contributed by atoms with Crippen molar-refractivity contribution in [3.8, 4) is 11.5 Å². The zero-order chi connectivity index (χ0) is 23.4. The zero-order valence-electron chi connectivity index (χ0n) is 19.0. The third kappa shape index (κ3) is 5.31. The molecule has 0 spiro atoms. The van der Waals surface area contributed by atoms with Crippen LogP contribution in [0.4, 0.5) is 5.69 Å². The van der Waals surface area contributed by atoms with Crippen molar-refractivity contribution in [1.29, 1.82) is 0 Å². The van der Waals surface area contributed by atoms with E-state index in [0.29, 0.717) is 24.7 Å². The maximum absolute atomic E-state index is 13.2. The van der Waals surface area contributed by atoms with Crippen molar-refractivity contribution in [2.24, 2.45) is 0 Å². The van der Waals surface area contributed by atoms with E-state index in [2.05, 4.69) is 11.4 Å². The molecule has 0 radical (unpaired) electrons. The van der Waals surface area contributed by atoms with Gasteiger partial charge < -0.3 is 19.5 Å². The number of ether oxygens (including phenoxy) is 3. The molecule has 1 amide bonds. The van der Waals surface area contributed by atoms with Crippen molar-refractivity contribution in [2.75, 3.05) is 38.7 Å². The minimum atomic E-state index is -3.79. The van der Waals surface area contributed by atoms with Gasteiger partial charge in [0.25, 0.3) is 5.91 Å². The second kappa shape index (κ2) is 10.1. The molecule has 8 nitrogen and oxygen atoms in total. The Balaban J connectivity index is 1.48. The van der Waals surface area contributed by atoms with Crippen LogP contribution in [0.3, 0.4) is 0 Å². The summed E-state index contributed by atoms with van der Waals surface area (Å²) < 4.78 is 44.1. The summed E-state index contributed by atoms with van der Waals surface area (Å²) in [5.74, 6) is 0.508. The molecule has 1 heterocycles. The van der Waals surface area contributed by atoms with E-state index >= 15 is 0 Å². The number of nitrogens with one attached hydrogen (secondary N) is 1. The summed E-state index contributed by atoms with van der Waals surface area (Å²) in [6.45, 7) is 2.90. The van der Waals surface area contributed by atoms with Crippen molar-refractivity contribution >= 4 is 21.6 Å². The first-order valence-corrected chi connectivity index (χ1v) is 12.7. The van der Waals surface area contributed by atoms with Gasteiger partial charge in [0.1, 0.15) is 16.4 Å². The fourth-order valence-electron chi connectivity index (χ4n) is 4.17. The summed E-state index contributed by atoms with van der Waals surface area (Å²) in [7, 11) is -2.38. The predicted molar refractivity (Wildman–Crippen MR) is 124 cm³/mol. The number of aryl methyl sites for hydroxylation is 2. The van der Waals surface area contributed by atoms with Gasteiger partial charge in [-0.25, -0.2) is 8.42 Å². The van der Waals surface area contributed by atoms with Crippen LogP contribution in [0.1, 0.15) is 30.9 Å². The Morgan fingerprint density at radius 3 is 2.52 bits per heavy atom. The summed E-state index contributed by atoms with van der Waals surface area (Å²) in [4.78, 5) is 12.8. The van der Waals surface area contributed by atoms with Gasteiger partial charge in [-0.3, -0.25) is 4.79 Å². The highest BCUT2D eigenvalue weighted by Crippen LogP contribution is 2.30. The first-order valence-electron chi connectivity index (χ1n) is 11.2. The lowest BCUT2D eigenvalue weighted by atomic mass is 9.92. The van der Waals surface area contributed by atoms with Gasteiger partial charge in [0.2, 0.25) is 10.0 Å². The number of methoxy groups -OCH3 is 1. The van der Waals surface area contributed by atoms with E-state index < -0.39 is 16.1 Å². The molecular formula is C24H30N2O6S. The number of benzene rings is 2. The highest BCUT2D eigenvalue weighted by molar-refractivity contribution is 7.89. The zero-order valence-corrected chi connectivity index (χ0v) is 19.8. The smallest absolute Gasteiger partial charge is 0.265 e. The number of hydrogen-bond donors (Lipinski definition) is 1. The lowest BCUT2D eigenvalue weighted by molar-refractivity contribution is -0.122. The van der Waals surface area contributed by atoms with Crippen molar-refractivity contribution in [2.45, 2.75) is 43.6 Å². The van der Waals surface area contributed by atoms with Gasteiger partial charge in [-0.2, -0.15) is 4.31 Å². The topological polar surface area (TPSA) is 94.2 Å². The van der Waals surface area contributed by atoms with E-state index in [9.17, 15) is 13.2 Å². The lowest BCUT2D eigenvalue weighted by Gasteiger charge is -2.27. The second-order valence-electron chi connectivity index (χ2n) is 8.27. The number of fused-ring (bicyclic) bond motifs is 1. The number of anilines is 1. The number of morpholine rings is 1. The molecule has 178 valence electrons. The van der Waals surface area contributed by atoms with E-state index in [-0.39, 0.29) is 29.6 Å². The van der Waals surface area contributed by atoms with Crippen LogP contribution >= 0.6 is 0 Å². The molecule has 0 aromatic heterocycles. The highest BCUT2D eigenvalue weighted by atomic mass is 32.2. The molecule has 33 heavy (non-hydrogen) atoms. The fourth-order valence-corrected chi connectivity index (χ4v) is 5.76. The Hall–Kier alpha value is -2.62. The first-order chi connectivity index (χ1) is 15.9. The quantitative estimate of drug-likeness (QED) is 0.663. The van der Waals surface area contributed by atoms with E-state index in [1.165, 1.54) is 47.5 Å². The minimum Gasteiger partial charge on any atom is -0.495 e. The monoisotopic (exact) mass is 474 g/mol. The molecule has 0 unspecified atom stereocenters. The van der Waals surface area contributed by atoms with E-state index in [4.69, 9.17) is 14.2 Å². The number of amides is 1. The molecule has 0 bridgehead atoms. The molecular weight excluding hydrogens is 444 g/mol. The van der Waals surface area contributed by atoms with Crippen molar-refractivity contribution in [3.63, 3.8) is 0 Å². The molecule has 2 aromatic carbocycles. The molecule has 4 rings (SSSR count). The fraction of sp³-hybridized carbons (Fsp3) is 0.458. The molecule has 2 aliphatic rings. The molecule has 0 saturated carbocycles. The summed E-state index contributed by atoms with van der Waals surface area (Å²) in [5.41, 5.74) is 2.98. The van der Waals surface area contributed by atoms with Crippen LogP contribution in [0, 0.1) is 0 Å². The van der Waals surface area contributed by atoms with Gasteiger partial charge in [0, 0.05) is 18.8 Å². The first kappa shape index (κ1) is 23.5. The van der Waals surface area contributed by atoms with Crippen LogP contribution in [0.25, 0.3) is 0 Å². The van der Waals surface area contributed by atoms with Gasteiger partial charge in [0.05, 0.1) is 20.3 Å². The molecule has 1 saturated heterocycles. The maximum atomic E-state index is 13.2. The van der Waals surface area contributed by atoms with Crippen LogP contribution in [0.15, 0.2) is 41.3 Å². The Morgan fingerprint density at radius 1 is 1.06 bits per heavy atom. The molecule has 2 aromatic rings. The second-order valence-corrected chi connectivity index (χ2v) is 10.2. The van der Waals surface area contributed by atoms with E-state index in [1.807, 2.05) is 12.1 Å². The van der Waals surface area contributed by atoms with Gasteiger partial charge in [-0.05, 0) is 74.1 Å². The SMILES string of the molecule is COc1ccc(NC(=O)[C@H](C)Oc2ccc3c(c2)CCCC3)cc1S(=O)(=O)N1CCOCC1. The Bertz CT molecular complexity index is 1110. The molecule has 1 fully saturated rings. The van der Waals surface area contributed by atoms with Crippen LogP contribution in [-0.4, -0.2) is 58.1 Å². The van der Waals surface area contributed by atoms with Crippen molar-refractivity contribution in [1.82, 2.24) is 4.31 Å². The summed E-state index contributed by atoms with van der Waals surface area (Å²) >= 11 is 0. The number of rotatable bonds is 7. The summed E-state index contributed by atoms with van der Waals surface area (Å²) in [6, 6.07) is 10.6. The standard InChI is InChI=1S/C24H30N2O6S/c1-17(32-21-9-7-18-5-3-4-6-19(18)15-21)24(27)25-20-8-10-22(30-2)23(16-20)33(28,29)26-11-13-31-14-12-26/h7-10,15-17H,3-6,11-14H2,1-2H3,(H,25,27)/t17-/m0/s1. The van der Waals surface area contributed by atoms with Gasteiger partial charge >= 0.3 is 0 Å². The number of sulfonamides is 1. The van der Waals surface area contributed by atoms with E-state index in [0.717, 1.165) is 12.8 Å². The van der Waals surface area contributed by atoms with Gasteiger partial charge in [0.15, 0.2) is 6.10 Å².